The van der Waals surface area contributed by atoms with E-state index in [1.807, 2.05) is 0 Å². The van der Waals surface area contributed by atoms with Crippen molar-refractivity contribution < 1.29 is 17.7 Å². The second kappa shape index (κ2) is 4.44. The predicted octanol–water partition coefficient (Wildman–Crippen LogP) is -1.51. The van der Waals surface area contributed by atoms with Crippen LogP contribution in [0.4, 0.5) is 0 Å². The van der Waals surface area contributed by atoms with Crippen LogP contribution in [-0.4, -0.2) is 40.0 Å². The third-order valence-corrected chi connectivity index (χ3v) is 2.67. The Hall–Kier alpha value is -1.44. The van der Waals surface area contributed by atoms with Gasteiger partial charge in [0.25, 0.3) is 5.56 Å². The minimum Gasteiger partial charge on any atom is -0.394 e. The van der Waals surface area contributed by atoms with Gasteiger partial charge in [0.1, 0.15) is 12.3 Å². The van der Waals surface area contributed by atoms with Crippen LogP contribution in [0.3, 0.4) is 0 Å². The van der Waals surface area contributed by atoms with E-state index in [1.165, 1.54) is 13.1 Å². The molecule has 3 N–H and O–H groups in total. The van der Waals surface area contributed by atoms with E-state index >= 15 is 0 Å². The monoisotopic (exact) mass is 245 g/mol. The molecule has 0 amide bonds. The molecule has 17 heavy (non-hydrogen) atoms. The fourth-order valence-electron chi connectivity index (χ4n) is 1.73. The normalized spacial score (nSPS) is 31.9. The Balaban J connectivity index is 2.32. The highest BCUT2D eigenvalue weighted by Crippen LogP contribution is 2.27. The van der Waals surface area contributed by atoms with Gasteiger partial charge in [0, 0.05) is 18.2 Å². The summed E-state index contributed by atoms with van der Waals surface area (Å²) in [4.78, 5) is 25.1. The smallest absolute Gasteiger partial charge is 0.330 e. The molecule has 1 saturated heterocycles. The van der Waals surface area contributed by atoms with Gasteiger partial charge in [-0.25, -0.2) is 4.79 Å². The van der Waals surface area contributed by atoms with Crippen molar-refractivity contribution in [1.29, 1.82) is 1.43 Å². The van der Waals surface area contributed by atoms with Crippen LogP contribution >= 0.6 is 0 Å². The van der Waals surface area contributed by atoms with Crippen molar-refractivity contribution in [2.45, 2.75) is 31.8 Å². The summed E-state index contributed by atoms with van der Waals surface area (Å²) in [5, 5.41) is 13.7. The van der Waals surface area contributed by atoms with Crippen LogP contribution in [0.1, 0.15) is 21.0 Å². The minimum absolute atomic E-state index is 0.0566. The number of hydrogen-bond donors (Lipinski definition) is 3. The predicted molar refractivity (Wildman–Crippen MR) is 57.7 cm³/mol. The van der Waals surface area contributed by atoms with E-state index in [0.717, 1.165) is 4.57 Å². The average molecular weight is 245 g/mol. The fraction of sp³-hybridized carbons (Fsp3) is 0.600. The largest absolute Gasteiger partial charge is 0.394 e. The van der Waals surface area contributed by atoms with Crippen LogP contribution in [0.25, 0.3) is 0 Å². The molecule has 1 fully saturated rings. The lowest BCUT2D eigenvalue weighted by Gasteiger charge is -2.14. The van der Waals surface area contributed by atoms with Crippen molar-refractivity contribution in [3.8, 4) is 0 Å². The molecule has 0 radical (unpaired) electrons. The summed E-state index contributed by atoms with van der Waals surface area (Å²) in [6.07, 6.45) is -2.36. The Morgan fingerprint density at radius 1 is 1.76 bits per heavy atom. The first kappa shape index (κ1) is 8.62. The van der Waals surface area contributed by atoms with E-state index in [1.54, 1.807) is 0 Å². The van der Waals surface area contributed by atoms with Gasteiger partial charge in [-0.2, -0.15) is 0 Å². The van der Waals surface area contributed by atoms with E-state index in [0.29, 0.717) is 0 Å². The molecule has 0 aromatic carbocycles. The first-order valence-corrected chi connectivity index (χ1v) is 5.06. The molecule has 0 saturated carbocycles. The highest BCUT2D eigenvalue weighted by molar-refractivity contribution is 5.02. The number of ether oxygens (including phenoxy) is 1. The van der Waals surface area contributed by atoms with Gasteiger partial charge in [0.05, 0.1) is 15.4 Å². The number of aliphatic hydroxyl groups excluding tert-OH is 1. The standard InChI is InChI=1S/C10H14N2O5/c1-5-3-12(10(16)11-9(5)15)8-2-6(14)7(4-13)17-8/h3,6-8,13-14H,2,4H2,1H3,(H,11,15,16)/t6-,7+,8+/m0/s1/i4D2,13D. The van der Waals surface area contributed by atoms with E-state index in [2.05, 4.69) is 10.1 Å². The lowest BCUT2D eigenvalue weighted by atomic mass is 10.2. The van der Waals surface area contributed by atoms with Gasteiger partial charge in [-0.3, -0.25) is 14.3 Å². The summed E-state index contributed by atoms with van der Waals surface area (Å²) < 4.78 is 27.8. The van der Waals surface area contributed by atoms with Crippen LogP contribution in [0.2, 0.25) is 0 Å². The Morgan fingerprint density at radius 2 is 2.53 bits per heavy atom. The van der Waals surface area contributed by atoms with Crippen LogP contribution in [0.5, 0.6) is 0 Å². The molecule has 3 atom stereocenters. The topological polar surface area (TPSA) is 105 Å². The van der Waals surface area contributed by atoms with Crippen molar-refractivity contribution in [1.82, 2.24) is 9.55 Å². The molecule has 7 heteroatoms. The Kier molecular flexibility index (Phi) is 2.25. The van der Waals surface area contributed by atoms with Crippen molar-refractivity contribution in [2.75, 3.05) is 6.56 Å². The Morgan fingerprint density at radius 3 is 3.24 bits per heavy atom. The maximum Gasteiger partial charge on any atom is 0.330 e. The van der Waals surface area contributed by atoms with Gasteiger partial charge in [0.2, 0.25) is 1.43 Å². The van der Waals surface area contributed by atoms with Gasteiger partial charge in [-0.1, -0.05) is 0 Å². The molecule has 94 valence electrons. The molecule has 0 bridgehead atoms. The van der Waals surface area contributed by atoms with Crippen LogP contribution in [-0.2, 0) is 4.74 Å². The summed E-state index contributed by atoms with van der Waals surface area (Å²) in [6, 6.07) is 0. The number of nitrogens with one attached hydrogen (secondary N) is 1. The Bertz CT molecular complexity index is 614. The van der Waals surface area contributed by atoms with Crippen LogP contribution < -0.4 is 11.2 Å². The highest BCUT2D eigenvalue weighted by atomic mass is 16.5. The van der Waals surface area contributed by atoms with Crippen molar-refractivity contribution in [3.63, 3.8) is 0 Å². The molecule has 7 nitrogen and oxygen atoms in total. The summed E-state index contributed by atoms with van der Waals surface area (Å²) in [5.74, 6) is 0. The molecule has 1 aromatic rings. The lowest BCUT2D eigenvalue weighted by molar-refractivity contribution is -0.0459. The number of nitrogens with zero attached hydrogens (tertiary/aromatic N) is 1. The summed E-state index contributed by atoms with van der Waals surface area (Å²) in [5.41, 5.74) is -0.956. The van der Waals surface area contributed by atoms with Gasteiger partial charge in [0.15, 0.2) is 0 Å². The van der Waals surface area contributed by atoms with E-state index in [4.69, 9.17) is 8.91 Å². The van der Waals surface area contributed by atoms with Crippen LogP contribution in [0.15, 0.2) is 15.8 Å². The molecule has 0 aliphatic carbocycles. The number of H-pyrrole nitrogens is 1. The van der Waals surface area contributed by atoms with E-state index < -0.39 is 36.2 Å². The molecule has 1 aliphatic rings. The minimum atomic E-state index is -2.50. The second-order valence-corrected chi connectivity index (χ2v) is 3.91. The van der Waals surface area contributed by atoms with Crippen LogP contribution in [0, 0.1) is 6.92 Å². The number of aliphatic hydroxyl groups is 2. The summed E-state index contributed by atoms with van der Waals surface area (Å²) in [6.45, 7) is -1.00. The molecule has 0 spiro atoms. The van der Waals surface area contributed by atoms with E-state index in [-0.39, 0.29) is 12.0 Å². The molecule has 2 heterocycles. The maximum atomic E-state index is 11.7. The molecular formula is C10H14N2O5. The number of aromatic amines is 1. The second-order valence-electron chi connectivity index (χ2n) is 3.91. The highest BCUT2D eigenvalue weighted by Gasteiger charge is 2.34. The zero-order valence-electron chi connectivity index (χ0n) is 12.0. The first-order valence-electron chi connectivity index (χ1n) is 6.47. The lowest BCUT2D eigenvalue weighted by Crippen LogP contribution is -2.33. The summed E-state index contributed by atoms with van der Waals surface area (Å²) >= 11 is 0. The van der Waals surface area contributed by atoms with Crippen molar-refractivity contribution in [2.24, 2.45) is 0 Å². The summed E-state index contributed by atoms with van der Waals surface area (Å²) in [7, 11) is 0. The number of rotatable bonds is 3. The molecule has 2 rings (SSSR count). The average Bonchev–Trinajstić information content (AvgIpc) is 2.76. The van der Waals surface area contributed by atoms with Crippen molar-refractivity contribution >= 4 is 0 Å². The van der Waals surface area contributed by atoms with Gasteiger partial charge >= 0.3 is 5.69 Å². The third kappa shape index (κ3) is 2.17. The quantitative estimate of drug-likeness (QED) is 0.600. The molecule has 0 unspecified atom stereocenters. The SMILES string of the molecule is [2H]OC([2H])([2H])[C@H]1O[C@@H](n2cc(C)c(=O)[nH]c2=O)C[C@@H]1O. The Labute approximate surface area is 101 Å². The maximum absolute atomic E-state index is 11.7. The first-order chi connectivity index (χ1) is 9.26. The zero-order chi connectivity index (χ0) is 15.1. The van der Waals surface area contributed by atoms with Crippen molar-refractivity contribution in [3.05, 3.63) is 32.6 Å². The zero-order valence-corrected chi connectivity index (χ0v) is 9.04. The number of aromatic nitrogens is 2. The van der Waals surface area contributed by atoms with Gasteiger partial charge < -0.3 is 15.0 Å². The van der Waals surface area contributed by atoms with E-state index in [9.17, 15) is 14.7 Å². The molecular weight excluding hydrogens is 228 g/mol. The third-order valence-electron chi connectivity index (χ3n) is 2.67. The fourth-order valence-corrected chi connectivity index (χ4v) is 1.73. The molecule has 1 aromatic heterocycles. The molecule has 1 aliphatic heterocycles. The van der Waals surface area contributed by atoms with Gasteiger partial charge in [-0.15, -0.1) is 0 Å². The number of hydrogen-bond acceptors (Lipinski definition) is 5. The van der Waals surface area contributed by atoms with Gasteiger partial charge in [-0.05, 0) is 6.92 Å². The number of aryl methyl sites for hydroxylation is 1.